The maximum Gasteiger partial charge on any atom is 0.338 e. The second kappa shape index (κ2) is 6.91. The molecule has 0 saturated carbocycles. The Bertz CT molecular complexity index is 690. The van der Waals surface area contributed by atoms with Crippen LogP contribution in [-0.4, -0.2) is 12.6 Å². The summed E-state index contributed by atoms with van der Waals surface area (Å²) in [4.78, 5) is 11.5. The Hall–Kier alpha value is -2.32. The summed E-state index contributed by atoms with van der Waals surface area (Å²) in [6.07, 6.45) is 0. The van der Waals surface area contributed by atoms with Crippen LogP contribution < -0.4 is 4.74 Å². The Morgan fingerprint density at radius 2 is 1.95 bits per heavy atom. The smallest absolute Gasteiger partial charge is 0.338 e. The van der Waals surface area contributed by atoms with Gasteiger partial charge in [-0.25, -0.2) is 4.79 Å². The van der Waals surface area contributed by atoms with Gasteiger partial charge in [0.2, 0.25) is 0 Å². The van der Waals surface area contributed by atoms with Gasteiger partial charge in [0.05, 0.1) is 28.3 Å². The summed E-state index contributed by atoms with van der Waals surface area (Å²) >= 11 is 3.35. The molecule has 2 aromatic carbocycles. The Labute approximate surface area is 131 Å². The van der Waals surface area contributed by atoms with Crippen LogP contribution in [0.25, 0.3) is 0 Å². The third-order valence-corrected chi connectivity index (χ3v) is 3.27. The summed E-state index contributed by atoms with van der Waals surface area (Å²) in [6.45, 7) is 2.10. The topological polar surface area (TPSA) is 59.3 Å². The number of esters is 1. The van der Waals surface area contributed by atoms with E-state index in [1.165, 1.54) is 0 Å². The van der Waals surface area contributed by atoms with Crippen LogP contribution in [0.5, 0.6) is 11.5 Å². The minimum absolute atomic E-state index is 0.343. The van der Waals surface area contributed by atoms with Crippen molar-refractivity contribution < 1.29 is 14.3 Å². The van der Waals surface area contributed by atoms with E-state index in [-0.39, 0.29) is 5.97 Å². The number of hydrogen-bond acceptors (Lipinski definition) is 4. The van der Waals surface area contributed by atoms with Gasteiger partial charge in [0.25, 0.3) is 0 Å². The highest BCUT2D eigenvalue weighted by Gasteiger charge is 2.08. The van der Waals surface area contributed by atoms with E-state index in [0.717, 1.165) is 0 Å². The first kappa shape index (κ1) is 15.1. The maximum absolute atomic E-state index is 11.5. The first-order chi connectivity index (χ1) is 10.1. The first-order valence-corrected chi connectivity index (χ1v) is 7.08. The lowest BCUT2D eigenvalue weighted by atomic mass is 10.2. The highest BCUT2D eigenvalue weighted by molar-refractivity contribution is 9.10. The number of rotatable bonds is 4. The average molecular weight is 346 g/mol. The number of halogens is 1. The third kappa shape index (κ3) is 3.83. The molecule has 0 aliphatic heterocycles. The van der Waals surface area contributed by atoms with Crippen LogP contribution in [0.1, 0.15) is 22.8 Å². The van der Waals surface area contributed by atoms with Crippen molar-refractivity contribution in [2.75, 3.05) is 6.61 Å². The number of hydrogen-bond donors (Lipinski definition) is 0. The van der Waals surface area contributed by atoms with Gasteiger partial charge in [0, 0.05) is 0 Å². The van der Waals surface area contributed by atoms with E-state index in [4.69, 9.17) is 14.7 Å². The van der Waals surface area contributed by atoms with Crippen LogP contribution in [0.15, 0.2) is 46.9 Å². The molecule has 5 heteroatoms. The Kier molecular flexibility index (Phi) is 4.96. The average Bonchev–Trinajstić information content (AvgIpc) is 2.50. The van der Waals surface area contributed by atoms with Gasteiger partial charge in [-0.15, -0.1) is 0 Å². The highest BCUT2D eigenvalue weighted by atomic mass is 79.9. The number of nitrogens with zero attached hydrogens (tertiary/aromatic N) is 1. The molecule has 0 bridgehead atoms. The minimum atomic E-state index is -0.358. The molecule has 0 heterocycles. The molecule has 0 amide bonds. The summed E-state index contributed by atoms with van der Waals surface area (Å²) in [5, 5.41) is 8.81. The van der Waals surface area contributed by atoms with Crippen molar-refractivity contribution in [3.8, 4) is 17.6 Å². The molecule has 0 aromatic heterocycles. The van der Waals surface area contributed by atoms with Crippen LogP contribution in [0.3, 0.4) is 0 Å². The lowest BCUT2D eigenvalue weighted by Gasteiger charge is -2.08. The molecule has 4 nitrogen and oxygen atoms in total. The fourth-order valence-electron chi connectivity index (χ4n) is 1.65. The molecule has 0 fully saturated rings. The Morgan fingerprint density at radius 1 is 1.24 bits per heavy atom. The largest absolute Gasteiger partial charge is 0.462 e. The van der Waals surface area contributed by atoms with Crippen molar-refractivity contribution in [3.63, 3.8) is 0 Å². The second-order valence-corrected chi connectivity index (χ2v) is 4.96. The van der Waals surface area contributed by atoms with Crippen molar-refractivity contribution in [3.05, 3.63) is 58.1 Å². The van der Waals surface area contributed by atoms with Crippen molar-refractivity contribution in [2.45, 2.75) is 6.92 Å². The zero-order chi connectivity index (χ0) is 15.2. The van der Waals surface area contributed by atoms with Crippen LogP contribution in [-0.2, 0) is 4.74 Å². The predicted octanol–water partition coefficient (Wildman–Crippen LogP) is 4.29. The molecule has 0 unspecified atom stereocenters. The SMILES string of the molecule is CCOC(=O)c1ccc(Oc2ccc(C#N)cc2Br)cc1. The zero-order valence-electron chi connectivity index (χ0n) is 11.3. The summed E-state index contributed by atoms with van der Waals surface area (Å²) in [7, 11) is 0. The van der Waals surface area contributed by atoms with Crippen LogP contribution in [0.2, 0.25) is 0 Å². The molecular formula is C16H12BrNO3. The van der Waals surface area contributed by atoms with Gasteiger partial charge in [0.1, 0.15) is 11.5 Å². The predicted molar refractivity (Wildman–Crippen MR) is 81.3 cm³/mol. The van der Waals surface area contributed by atoms with Gasteiger partial charge in [-0.1, -0.05) is 0 Å². The van der Waals surface area contributed by atoms with Crippen molar-refractivity contribution in [1.29, 1.82) is 5.26 Å². The van der Waals surface area contributed by atoms with Gasteiger partial charge in [0.15, 0.2) is 0 Å². The van der Waals surface area contributed by atoms with Crippen LogP contribution in [0, 0.1) is 11.3 Å². The summed E-state index contributed by atoms with van der Waals surface area (Å²) in [5.41, 5.74) is 1.02. The molecular weight excluding hydrogens is 334 g/mol. The van der Waals surface area contributed by atoms with Gasteiger partial charge >= 0.3 is 5.97 Å². The van der Waals surface area contributed by atoms with Crippen molar-refractivity contribution in [2.24, 2.45) is 0 Å². The fourth-order valence-corrected chi connectivity index (χ4v) is 2.11. The van der Waals surface area contributed by atoms with E-state index in [9.17, 15) is 4.79 Å². The molecule has 0 atom stereocenters. The lowest BCUT2D eigenvalue weighted by molar-refractivity contribution is 0.0526. The third-order valence-electron chi connectivity index (χ3n) is 2.65. The van der Waals surface area contributed by atoms with Crippen LogP contribution >= 0.6 is 15.9 Å². The minimum Gasteiger partial charge on any atom is -0.462 e. The number of ether oxygens (including phenoxy) is 2. The highest BCUT2D eigenvalue weighted by Crippen LogP contribution is 2.30. The van der Waals surface area contributed by atoms with Gasteiger partial charge in [-0.05, 0) is 65.3 Å². The molecule has 106 valence electrons. The molecule has 0 aliphatic carbocycles. The molecule has 0 saturated heterocycles. The summed E-state index contributed by atoms with van der Waals surface area (Å²) < 4.78 is 11.3. The van der Waals surface area contributed by atoms with E-state index in [0.29, 0.717) is 33.7 Å². The first-order valence-electron chi connectivity index (χ1n) is 6.28. The number of benzene rings is 2. The molecule has 0 aliphatic rings. The van der Waals surface area contributed by atoms with E-state index >= 15 is 0 Å². The molecule has 2 rings (SSSR count). The van der Waals surface area contributed by atoms with Crippen molar-refractivity contribution >= 4 is 21.9 Å². The molecule has 0 spiro atoms. The van der Waals surface area contributed by atoms with E-state index in [2.05, 4.69) is 22.0 Å². The molecule has 0 radical (unpaired) electrons. The number of nitriles is 1. The standard InChI is InChI=1S/C16H12BrNO3/c1-2-20-16(19)12-4-6-13(7-5-12)21-15-8-3-11(10-18)9-14(15)17/h3-9H,2H2,1H3. The van der Waals surface area contributed by atoms with E-state index in [1.807, 2.05) is 0 Å². The van der Waals surface area contributed by atoms with Gasteiger partial charge < -0.3 is 9.47 Å². The maximum atomic E-state index is 11.5. The van der Waals surface area contributed by atoms with Gasteiger partial charge in [-0.3, -0.25) is 0 Å². The van der Waals surface area contributed by atoms with Crippen molar-refractivity contribution in [1.82, 2.24) is 0 Å². The second-order valence-electron chi connectivity index (χ2n) is 4.10. The summed E-state index contributed by atoms with van der Waals surface area (Å²) in [6, 6.07) is 13.8. The fraction of sp³-hybridized carbons (Fsp3) is 0.125. The Balaban J connectivity index is 2.14. The van der Waals surface area contributed by atoms with Crippen LogP contribution in [0.4, 0.5) is 0 Å². The molecule has 21 heavy (non-hydrogen) atoms. The molecule has 0 N–H and O–H groups in total. The Morgan fingerprint density at radius 3 is 2.52 bits per heavy atom. The van der Waals surface area contributed by atoms with Gasteiger partial charge in [-0.2, -0.15) is 5.26 Å². The quantitative estimate of drug-likeness (QED) is 0.775. The monoisotopic (exact) mass is 345 g/mol. The zero-order valence-corrected chi connectivity index (χ0v) is 12.9. The normalized spacial score (nSPS) is 9.76. The number of carbonyl (C=O) groups excluding carboxylic acids is 1. The molecule has 2 aromatic rings. The lowest BCUT2D eigenvalue weighted by Crippen LogP contribution is -2.04. The number of carbonyl (C=O) groups is 1. The van der Waals surface area contributed by atoms with E-state index in [1.54, 1.807) is 49.4 Å². The van der Waals surface area contributed by atoms with E-state index < -0.39 is 0 Å². The summed E-state index contributed by atoms with van der Waals surface area (Å²) in [5.74, 6) is 0.829.